The van der Waals surface area contributed by atoms with Crippen LogP contribution < -0.4 is 5.32 Å². The first-order valence-electron chi connectivity index (χ1n) is 6.21. The number of hydrogen-bond donors (Lipinski definition) is 2. The third-order valence-corrected chi connectivity index (χ3v) is 3.03. The molecule has 1 rings (SSSR count). The Bertz CT molecular complexity index is 445. The van der Waals surface area contributed by atoms with Crippen LogP contribution in [-0.2, 0) is 16.0 Å². The number of halogens is 1. The van der Waals surface area contributed by atoms with Crippen molar-refractivity contribution in [1.29, 1.82) is 0 Å². The Hall–Kier alpha value is -1.91. The van der Waals surface area contributed by atoms with Crippen LogP contribution in [0.3, 0.4) is 0 Å². The molecule has 0 saturated heterocycles. The van der Waals surface area contributed by atoms with Crippen molar-refractivity contribution in [3.63, 3.8) is 0 Å². The summed E-state index contributed by atoms with van der Waals surface area (Å²) in [6.45, 7) is 3.60. The maximum Gasteiger partial charge on any atom is 0.326 e. The topological polar surface area (TPSA) is 66.4 Å². The summed E-state index contributed by atoms with van der Waals surface area (Å²) in [6.07, 6.45) is 0.784. The van der Waals surface area contributed by atoms with E-state index in [2.05, 4.69) is 5.32 Å². The van der Waals surface area contributed by atoms with Crippen molar-refractivity contribution in [3.8, 4) is 0 Å². The summed E-state index contributed by atoms with van der Waals surface area (Å²) in [4.78, 5) is 22.8. The predicted octanol–water partition coefficient (Wildman–Crippen LogP) is 1.98. The number of carboxylic acid groups (broad SMARTS) is 1. The van der Waals surface area contributed by atoms with Crippen molar-refractivity contribution in [2.75, 3.05) is 0 Å². The van der Waals surface area contributed by atoms with E-state index in [0.29, 0.717) is 12.0 Å². The van der Waals surface area contributed by atoms with Crippen LogP contribution in [0.5, 0.6) is 0 Å². The number of carbonyl (C=O) groups is 2. The monoisotopic (exact) mass is 267 g/mol. The summed E-state index contributed by atoms with van der Waals surface area (Å²) >= 11 is 0. The molecule has 0 aliphatic carbocycles. The molecule has 0 unspecified atom stereocenters. The van der Waals surface area contributed by atoms with Gasteiger partial charge in [-0.2, -0.15) is 0 Å². The van der Waals surface area contributed by atoms with Gasteiger partial charge in [-0.3, -0.25) is 4.79 Å². The zero-order valence-corrected chi connectivity index (χ0v) is 11.0. The molecule has 19 heavy (non-hydrogen) atoms. The molecule has 0 saturated carbocycles. The van der Waals surface area contributed by atoms with Crippen LogP contribution in [0.4, 0.5) is 4.39 Å². The Morgan fingerprint density at radius 1 is 1.32 bits per heavy atom. The molecule has 2 N–H and O–H groups in total. The number of rotatable bonds is 6. The minimum absolute atomic E-state index is 0.137. The second-order valence-electron chi connectivity index (χ2n) is 4.54. The van der Waals surface area contributed by atoms with Gasteiger partial charge in [0.15, 0.2) is 0 Å². The van der Waals surface area contributed by atoms with Gasteiger partial charge in [0.2, 0.25) is 5.91 Å². The number of hydrogen-bond acceptors (Lipinski definition) is 2. The van der Waals surface area contributed by atoms with Gasteiger partial charge in [-0.15, -0.1) is 0 Å². The number of nitrogens with one attached hydrogen (secondary N) is 1. The molecule has 0 heterocycles. The summed E-state index contributed by atoms with van der Waals surface area (Å²) in [7, 11) is 0. The van der Waals surface area contributed by atoms with Gasteiger partial charge in [0.1, 0.15) is 11.9 Å². The van der Waals surface area contributed by atoms with E-state index in [1.54, 1.807) is 6.92 Å². The highest BCUT2D eigenvalue weighted by Crippen LogP contribution is 2.08. The molecule has 0 radical (unpaired) electrons. The fraction of sp³-hybridized carbons (Fsp3) is 0.429. The van der Waals surface area contributed by atoms with Gasteiger partial charge in [0.05, 0.1) is 0 Å². The largest absolute Gasteiger partial charge is 0.480 e. The summed E-state index contributed by atoms with van der Waals surface area (Å²) in [5.41, 5.74) is 0.665. The third kappa shape index (κ3) is 4.69. The van der Waals surface area contributed by atoms with E-state index in [1.165, 1.54) is 24.3 Å². The quantitative estimate of drug-likeness (QED) is 0.828. The van der Waals surface area contributed by atoms with E-state index in [4.69, 9.17) is 5.11 Å². The second kappa shape index (κ2) is 6.87. The van der Waals surface area contributed by atoms with Crippen molar-refractivity contribution in [3.05, 3.63) is 35.6 Å². The van der Waals surface area contributed by atoms with Crippen molar-refractivity contribution >= 4 is 11.9 Å². The molecule has 1 aromatic carbocycles. The lowest BCUT2D eigenvalue weighted by atomic mass is 10.0. The average Bonchev–Trinajstić information content (AvgIpc) is 2.39. The van der Waals surface area contributed by atoms with Crippen molar-refractivity contribution in [1.82, 2.24) is 5.32 Å². The van der Waals surface area contributed by atoms with Gasteiger partial charge in [-0.1, -0.05) is 26.0 Å². The van der Waals surface area contributed by atoms with Crippen LogP contribution in [0.25, 0.3) is 0 Å². The predicted molar refractivity (Wildman–Crippen MR) is 69.1 cm³/mol. The fourth-order valence-electron chi connectivity index (χ4n) is 1.56. The van der Waals surface area contributed by atoms with Gasteiger partial charge >= 0.3 is 5.97 Å². The maximum atomic E-state index is 12.8. The molecule has 0 aromatic heterocycles. The van der Waals surface area contributed by atoms with E-state index < -0.39 is 12.0 Å². The second-order valence-corrected chi connectivity index (χ2v) is 4.54. The van der Waals surface area contributed by atoms with Gasteiger partial charge in [0.25, 0.3) is 0 Å². The minimum Gasteiger partial charge on any atom is -0.480 e. The lowest BCUT2D eigenvalue weighted by Gasteiger charge is -2.17. The van der Waals surface area contributed by atoms with Crippen molar-refractivity contribution < 1.29 is 19.1 Å². The molecule has 2 atom stereocenters. The summed E-state index contributed by atoms with van der Waals surface area (Å²) in [6, 6.07) is 4.57. The van der Waals surface area contributed by atoms with E-state index in [1.807, 2.05) is 6.92 Å². The van der Waals surface area contributed by atoms with Gasteiger partial charge < -0.3 is 10.4 Å². The number of benzene rings is 1. The summed E-state index contributed by atoms with van der Waals surface area (Å²) < 4.78 is 12.8. The zero-order valence-electron chi connectivity index (χ0n) is 11.0. The Balaban J connectivity index is 2.71. The fourth-order valence-corrected chi connectivity index (χ4v) is 1.56. The van der Waals surface area contributed by atoms with E-state index in [-0.39, 0.29) is 24.1 Å². The average molecular weight is 267 g/mol. The first kappa shape index (κ1) is 15.1. The van der Waals surface area contributed by atoms with Gasteiger partial charge in [0, 0.05) is 12.3 Å². The van der Waals surface area contributed by atoms with Crippen molar-refractivity contribution in [2.24, 2.45) is 5.92 Å². The Labute approximate surface area is 111 Å². The highest BCUT2D eigenvalue weighted by molar-refractivity contribution is 5.84. The van der Waals surface area contributed by atoms with Crippen LogP contribution in [-0.4, -0.2) is 23.0 Å². The lowest BCUT2D eigenvalue weighted by Crippen LogP contribution is -2.44. The highest BCUT2D eigenvalue weighted by atomic mass is 19.1. The lowest BCUT2D eigenvalue weighted by molar-refractivity contribution is -0.142. The van der Waals surface area contributed by atoms with Crippen molar-refractivity contribution in [2.45, 2.75) is 32.7 Å². The number of aliphatic carboxylic acids is 1. The van der Waals surface area contributed by atoms with Crippen LogP contribution in [0.2, 0.25) is 0 Å². The summed E-state index contributed by atoms with van der Waals surface area (Å²) in [5, 5.41) is 11.6. The molecule has 4 nitrogen and oxygen atoms in total. The van der Waals surface area contributed by atoms with Crippen LogP contribution in [0, 0.1) is 11.7 Å². The third-order valence-electron chi connectivity index (χ3n) is 3.03. The zero-order chi connectivity index (χ0) is 14.4. The van der Waals surface area contributed by atoms with Gasteiger partial charge in [-0.25, -0.2) is 9.18 Å². The van der Waals surface area contributed by atoms with Crippen LogP contribution in [0.15, 0.2) is 24.3 Å². The normalized spacial score (nSPS) is 13.6. The first-order chi connectivity index (χ1) is 8.93. The van der Waals surface area contributed by atoms with Crippen LogP contribution >= 0.6 is 0 Å². The molecule has 0 bridgehead atoms. The highest BCUT2D eigenvalue weighted by Gasteiger charge is 2.22. The first-order valence-corrected chi connectivity index (χ1v) is 6.21. The number of carboxylic acids is 1. The van der Waals surface area contributed by atoms with Crippen LogP contribution in [0.1, 0.15) is 25.8 Å². The SMILES string of the molecule is CC[C@H](C)C(=O)N[C@@H](Cc1ccc(F)cc1)C(=O)O. The number of carbonyl (C=O) groups excluding carboxylic acids is 1. The molecule has 0 fully saturated rings. The molecule has 104 valence electrons. The minimum atomic E-state index is -1.10. The number of amides is 1. The molecular formula is C14H18FNO3. The molecule has 1 aromatic rings. The summed E-state index contributed by atoms with van der Waals surface area (Å²) in [5.74, 6) is -1.98. The maximum absolute atomic E-state index is 12.8. The van der Waals surface area contributed by atoms with E-state index in [0.717, 1.165) is 0 Å². The smallest absolute Gasteiger partial charge is 0.326 e. The Morgan fingerprint density at radius 2 is 1.89 bits per heavy atom. The molecule has 5 heteroatoms. The van der Waals surface area contributed by atoms with E-state index >= 15 is 0 Å². The molecule has 0 spiro atoms. The molecular weight excluding hydrogens is 249 g/mol. The van der Waals surface area contributed by atoms with Gasteiger partial charge in [-0.05, 0) is 24.1 Å². The molecule has 0 aliphatic heterocycles. The Morgan fingerprint density at radius 3 is 2.37 bits per heavy atom. The molecule has 1 amide bonds. The molecule has 0 aliphatic rings. The standard InChI is InChI=1S/C14H18FNO3/c1-3-9(2)13(17)16-12(14(18)19)8-10-4-6-11(15)7-5-10/h4-7,9,12H,3,8H2,1-2H3,(H,16,17)(H,18,19)/t9-,12-/m0/s1. The Kier molecular flexibility index (Phi) is 5.48. The van der Waals surface area contributed by atoms with E-state index in [9.17, 15) is 14.0 Å².